The normalized spacial score (nSPS) is 31.8. The Morgan fingerprint density at radius 3 is 1.93 bits per heavy atom. The average Bonchev–Trinajstić information content (AvgIpc) is 3.04. The summed E-state index contributed by atoms with van der Waals surface area (Å²) < 4.78 is 2.31. The lowest BCUT2D eigenvalue weighted by molar-refractivity contribution is -0.0161. The van der Waals surface area contributed by atoms with E-state index >= 15 is 0 Å². The second kappa shape index (κ2) is 4.50. The van der Waals surface area contributed by atoms with Gasteiger partial charge in [-0.3, -0.25) is 9.80 Å². The van der Waals surface area contributed by atoms with Crippen molar-refractivity contribution in [2.45, 2.75) is 31.5 Å². The Labute approximate surface area is 101 Å². The van der Waals surface area contributed by atoms with Gasteiger partial charge in [-0.25, -0.2) is 4.31 Å². The van der Waals surface area contributed by atoms with Gasteiger partial charge >= 0.3 is 0 Å². The minimum absolute atomic E-state index is 0. The molecular formula is C10H22N3PS. The van der Waals surface area contributed by atoms with Crippen molar-refractivity contribution in [1.29, 1.82) is 0 Å². The molecule has 15 heavy (non-hydrogen) atoms. The Balaban J connectivity index is 0.000000853. The summed E-state index contributed by atoms with van der Waals surface area (Å²) in [5.74, 6) is 0.208. The highest BCUT2D eigenvalue weighted by Gasteiger charge is 2.54. The molecule has 0 amide bonds. The third-order valence-corrected chi connectivity index (χ3v) is 4.22. The monoisotopic (exact) mass is 247 g/mol. The summed E-state index contributed by atoms with van der Waals surface area (Å²) in [7, 11) is 0. The van der Waals surface area contributed by atoms with Crippen LogP contribution in [0.1, 0.15) is 25.7 Å². The van der Waals surface area contributed by atoms with Crippen LogP contribution in [0.3, 0.4) is 0 Å². The van der Waals surface area contributed by atoms with Gasteiger partial charge in [0.15, 0.2) is 0 Å². The molecule has 1 unspecified atom stereocenters. The van der Waals surface area contributed by atoms with Crippen LogP contribution in [0, 0.1) is 0 Å². The first kappa shape index (κ1) is 12.1. The zero-order valence-electron chi connectivity index (χ0n) is 9.36. The molecule has 1 atom stereocenters. The zero-order valence-corrected chi connectivity index (χ0v) is 11.7. The predicted octanol–water partition coefficient (Wildman–Crippen LogP) is 1.05. The SMILES string of the molecule is P.SN1CCCCCC1(N1CC1)N1CC1. The summed E-state index contributed by atoms with van der Waals surface area (Å²) in [4.78, 5) is 5.16. The second-order valence-electron chi connectivity index (χ2n) is 4.68. The zero-order chi connectivity index (χ0) is 9.60. The van der Waals surface area contributed by atoms with Gasteiger partial charge < -0.3 is 0 Å². The number of hydrogen-bond donors (Lipinski definition) is 1. The van der Waals surface area contributed by atoms with Crippen LogP contribution in [0.15, 0.2) is 0 Å². The molecule has 0 saturated carbocycles. The Morgan fingerprint density at radius 1 is 0.800 bits per heavy atom. The van der Waals surface area contributed by atoms with Gasteiger partial charge in [-0.1, -0.05) is 19.2 Å². The number of hydrogen-bond acceptors (Lipinski definition) is 4. The fourth-order valence-corrected chi connectivity index (χ4v) is 3.26. The first-order valence-electron chi connectivity index (χ1n) is 5.81. The van der Waals surface area contributed by atoms with Crippen LogP contribution in [0.25, 0.3) is 0 Å². The average molecular weight is 247 g/mol. The highest BCUT2D eigenvalue weighted by molar-refractivity contribution is 7.77. The molecule has 0 aliphatic carbocycles. The molecule has 3 fully saturated rings. The van der Waals surface area contributed by atoms with E-state index in [2.05, 4.69) is 14.1 Å². The summed E-state index contributed by atoms with van der Waals surface area (Å²) in [6.07, 6.45) is 5.34. The van der Waals surface area contributed by atoms with E-state index in [4.69, 9.17) is 12.8 Å². The van der Waals surface area contributed by atoms with Gasteiger partial charge in [0.1, 0.15) is 5.79 Å². The van der Waals surface area contributed by atoms with E-state index in [0.29, 0.717) is 0 Å². The topological polar surface area (TPSA) is 9.26 Å². The molecule has 0 aromatic carbocycles. The van der Waals surface area contributed by atoms with Crippen molar-refractivity contribution < 1.29 is 0 Å². The Morgan fingerprint density at radius 2 is 1.40 bits per heavy atom. The predicted molar refractivity (Wildman–Crippen MR) is 71.1 cm³/mol. The van der Waals surface area contributed by atoms with Crippen LogP contribution in [-0.4, -0.2) is 52.6 Å². The van der Waals surface area contributed by atoms with Crippen LogP contribution in [0.5, 0.6) is 0 Å². The fraction of sp³-hybridized carbons (Fsp3) is 1.00. The van der Waals surface area contributed by atoms with Crippen molar-refractivity contribution in [3.8, 4) is 0 Å². The molecule has 3 saturated heterocycles. The molecule has 0 spiro atoms. The summed E-state index contributed by atoms with van der Waals surface area (Å²) in [5, 5.41) is 0. The van der Waals surface area contributed by atoms with Crippen LogP contribution in [0.2, 0.25) is 0 Å². The van der Waals surface area contributed by atoms with E-state index in [-0.39, 0.29) is 15.7 Å². The summed E-state index contributed by atoms with van der Waals surface area (Å²) >= 11 is 4.72. The first-order valence-corrected chi connectivity index (χ1v) is 6.21. The molecule has 3 rings (SSSR count). The molecule has 0 aromatic heterocycles. The molecule has 3 heterocycles. The maximum absolute atomic E-state index is 4.72. The van der Waals surface area contributed by atoms with Crippen molar-refractivity contribution in [1.82, 2.24) is 14.1 Å². The van der Waals surface area contributed by atoms with E-state index in [9.17, 15) is 0 Å². The van der Waals surface area contributed by atoms with E-state index in [1.54, 1.807) is 0 Å². The number of thiol groups is 1. The van der Waals surface area contributed by atoms with Gasteiger partial charge in [0.2, 0.25) is 0 Å². The molecule has 88 valence electrons. The van der Waals surface area contributed by atoms with E-state index in [1.165, 1.54) is 51.9 Å². The molecule has 0 radical (unpaired) electrons. The lowest BCUT2D eigenvalue weighted by Crippen LogP contribution is -2.56. The molecule has 0 N–H and O–H groups in total. The molecule has 3 nitrogen and oxygen atoms in total. The van der Waals surface area contributed by atoms with Crippen molar-refractivity contribution in [3.05, 3.63) is 0 Å². The minimum Gasteiger partial charge on any atom is -0.270 e. The van der Waals surface area contributed by atoms with Crippen LogP contribution in [-0.2, 0) is 0 Å². The standard InChI is InChI=1S/C10H19N3S.H3P/c14-13-5-3-1-2-4-10(13,11-6-7-11)12-8-9-12;/h14H,1-9H2;1H3. The third kappa shape index (κ3) is 2.07. The fourth-order valence-electron chi connectivity index (χ4n) is 2.77. The van der Waals surface area contributed by atoms with Crippen LogP contribution < -0.4 is 0 Å². The number of nitrogens with zero attached hydrogens (tertiary/aromatic N) is 3. The van der Waals surface area contributed by atoms with Gasteiger partial charge in [-0.15, -0.1) is 0 Å². The second-order valence-corrected chi connectivity index (χ2v) is 5.17. The molecule has 3 aliphatic heterocycles. The van der Waals surface area contributed by atoms with Gasteiger partial charge in [0, 0.05) is 32.7 Å². The summed E-state index contributed by atoms with van der Waals surface area (Å²) in [6, 6.07) is 0. The third-order valence-electron chi connectivity index (χ3n) is 3.70. The maximum Gasteiger partial charge on any atom is 0.140 e. The van der Waals surface area contributed by atoms with Gasteiger partial charge in [-0.05, 0) is 19.3 Å². The van der Waals surface area contributed by atoms with E-state index < -0.39 is 0 Å². The Hall–Kier alpha value is 0.660. The molecule has 5 heteroatoms. The van der Waals surface area contributed by atoms with E-state index in [0.717, 1.165) is 6.54 Å². The maximum atomic E-state index is 4.72. The molecule has 0 bridgehead atoms. The first-order chi connectivity index (χ1) is 6.84. The van der Waals surface area contributed by atoms with Crippen molar-refractivity contribution in [2.75, 3.05) is 32.7 Å². The minimum atomic E-state index is 0. The summed E-state index contributed by atoms with van der Waals surface area (Å²) in [6.45, 7) is 6.23. The quantitative estimate of drug-likeness (QED) is 0.444. The van der Waals surface area contributed by atoms with Crippen LogP contribution in [0.4, 0.5) is 0 Å². The van der Waals surface area contributed by atoms with Gasteiger partial charge in [-0.2, -0.15) is 9.90 Å². The highest BCUT2D eigenvalue weighted by atomic mass is 32.1. The largest absolute Gasteiger partial charge is 0.270 e. The van der Waals surface area contributed by atoms with Gasteiger partial charge in [0.25, 0.3) is 0 Å². The number of rotatable bonds is 2. The molecular weight excluding hydrogens is 225 g/mol. The summed E-state index contributed by atoms with van der Waals surface area (Å²) in [5.41, 5.74) is 0. The van der Waals surface area contributed by atoms with Gasteiger partial charge in [0.05, 0.1) is 0 Å². The lowest BCUT2D eigenvalue weighted by Gasteiger charge is -2.42. The van der Waals surface area contributed by atoms with Crippen molar-refractivity contribution >= 4 is 22.7 Å². The Bertz CT molecular complexity index is 219. The van der Waals surface area contributed by atoms with E-state index in [1.807, 2.05) is 0 Å². The van der Waals surface area contributed by atoms with Crippen molar-refractivity contribution in [2.24, 2.45) is 0 Å². The van der Waals surface area contributed by atoms with Crippen LogP contribution >= 0.6 is 22.7 Å². The highest BCUT2D eigenvalue weighted by Crippen LogP contribution is 2.41. The Kier molecular flexibility index (Phi) is 3.64. The molecule has 3 aliphatic rings. The van der Waals surface area contributed by atoms with Crippen molar-refractivity contribution in [3.63, 3.8) is 0 Å². The lowest BCUT2D eigenvalue weighted by atomic mass is 10.1. The smallest absolute Gasteiger partial charge is 0.140 e. The molecule has 0 aromatic rings.